The van der Waals surface area contributed by atoms with E-state index in [1.54, 1.807) is 0 Å². The van der Waals surface area contributed by atoms with Crippen LogP contribution in [0.2, 0.25) is 0 Å². The van der Waals surface area contributed by atoms with Crippen molar-refractivity contribution in [1.29, 1.82) is 0 Å². The van der Waals surface area contributed by atoms with Crippen molar-refractivity contribution in [3.63, 3.8) is 0 Å². The van der Waals surface area contributed by atoms with Crippen LogP contribution in [0.3, 0.4) is 0 Å². The van der Waals surface area contributed by atoms with Gasteiger partial charge in [-0.1, -0.05) is 266 Å². The lowest BCUT2D eigenvalue weighted by molar-refractivity contribution is -0.166. The molecular weight excluding hydrogens is 865 g/mol. The van der Waals surface area contributed by atoms with Crippen LogP contribution in [-0.2, 0) is 28.6 Å². The Morgan fingerprint density at radius 3 is 1.04 bits per heavy atom. The molecule has 0 spiro atoms. The molecular formula is C64H108O6. The summed E-state index contributed by atoms with van der Waals surface area (Å²) in [6.07, 6.45) is 76.9. The molecule has 6 heteroatoms. The van der Waals surface area contributed by atoms with Crippen molar-refractivity contribution in [2.45, 2.75) is 277 Å². The van der Waals surface area contributed by atoms with Gasteiger partial charge in [-0.05, 0) is 83.5 Å². The Bertz CT molecular complexity index is 1400. The molecule has 0 aliphatic rings. The molecule has 70 heavy (non-hydrogen) atoms. The third-order valence-corrected chi connectivity index (χ3v) is 12.4. The van der Waals surface area contributed by atoms with Crippen molar-refractivity contribution in [1.82, 2.24) is 0 Å². The molecule has 0 aliphatic carbocycles. The largest absolute Gasteiger partial charge is 0.462 e. The maximum Gasteiger partial charge on any atom is 0.306 e. The minimum atomic E-state index is -0.809. The zero-order valence-corrected chi connectivity index (χ0v) is 45.8. The first-order chi connectivity index (χ1) is 34.5. The molecule has 0 saturated carbocycles. The van der Waals surface area contributed by atoms with Gasteiger partial charge in [-0.3, -0.25) is 14.4 Å². The minimum Gasteiger partial charge on any atom is -0.462 e. The molecule has 0 saturated heterocycles. The monoisotopic (exact) mass is 973 g/mol. The summed E-state index contributed by atoms with van der Waals surface area (Å²) >= 11 is 0. The number of carbonyl (C=O) groups excluding carboxylic acids is 3. The zero-order valence-electron chi connectivity index (χ0n) is 45.8. The van der Waals surface area contributed by atoms with Crippen LogP contribution in [0, 0.1) is 0 Å². The van der Waals surface area contributed by atoms with Crippen LogP contribution in [0.25, 0.3) is 0 Å². The van der Waals surface area contributed by atoms with Crippen molar-refractivity contribution in [2.75, 3.05) is 13.2 Å². The van der Waals surface area contributed by atoms with Gasteiger partial charge >= 0.3 is 17.9 Å². The fourth-order valence-electron chi connectivity index (χ4n) is 7.99. The molecule has 0 fully saturated rings. The van der Waals surface area contributed by atoms with Gasteiger partial charge in [-0.15, -0.1) is 0 Å². The summed E-state index contributed by atoms with van der Waals surface area (Å²) in [6, 6.07) is 0. The average Bonchev–Trinajstić information content (AvgIpc) is 3.36. The Morgan fingerprint density at radius 1 is 0.314 bits per heavy atom. The Morgan fingerprint density at radius 2 is 0.629 bits per heavy atom. The van der Waals surface area contributed by atoms with Crippen molar-refractivity contribution in [3.05, 3.63) is 97.2 Å². The second-order valence-electron chi connectivity index (χ2n) is 19.2. The maximum absolute atomic E-state index is 12.9. The molecule has 0 aromatic carbocycles. The molecule has 0 radical (unpaired) electrons. The summed E-state index contributed by atoms with van der Waals surface area (Å²) < 4.78 is 16.8. The van der Waals surface area contributed by atoms with Gasteiger partial charge in [-0.25, -0.2) is 0 Å². The van der Waals surface area contributed by atoms with E-state index in [0.29, 0.717) is 19.3 Å². The molecule has 0 aromatic heterocycles. The van der Waals surface area contributed by atoms with Crippen molar-refractivity contribution < 1.29 is 28.6 Å². The molecule has 1 unspecified atom stereocenters. The molecule has 0 aliphatic heterocycles. The number of hydrogen-bond acceptors (Lipinski definition) is 6. The van der Waals surface area contributed by atoms with Gasteiger partial charge in [0, 0.05) is 19.3 Å². The zero-order chi connectivity index (χ0) is 50.7. The van der Waals surface area contributed by atoms with Gasteiger partial charge in [0.05, 0.1) is 0 Å². The summed E-state index contributed by atoms with van der Waals surface area (Å²) in [5, 5.41) is 0. The Balaban J connectivity index is 4.48. The normalized spacial score (nSPS) is 12.8. The summed E-state index contributed by atoms with van der Waals surface area (Å²) in [5.41, 5.74) is 0. The maximum atomic E-state index is 12.9. The summed E-state index contributed by atoms with van der Waals surface area (Å²) in [7, 11) is 0. The summed E-state index contributed by atoms with van der Waals surface area (Å²) in [6.45, 7) is 6.45. The van der Waals surface area contributed by atoms with Crippen LogP contribution in [0.1, 0.15) is 271 Å². The second kappa shape index (κ2) is 57.9. The molecule has 0 heterocycles. The van der Waals surface area contributed by atoms with Gasteiger partial charge in [0.1, 0.15) is 13.2 Å². The standard InChI is InChI=1S/C64H108O6/c1-4-7-10-13-16-19-22-25-28-30-32-34-36-39-42-45-48-51-54-57-63(66)69-60-61(59-68-62(65)56-53-50-47-44-41-38-27-24-21-18-15-12-9-6-3)70-64(67)58-55-52-49-46-43-40-37-35-33-31-29-26-23-20-17-14-11-8-5-2/h7,10,16-17,19-20,23,25-26,28,32,34,39,42,48,51,61H,4-6,8-9,11-15,18,21-22,24,27,29-31,33,35-38,40-41,43-47,49-50,52-60H2,1-3H3/b10-7-,19-16-,20-17-,26-23-,28-25-,34-32-,42-39-,51-48-. The van der Waals surface area contributed by atoms with Crippen LogP contribution in [0.15, 0.2) is 97.2 Å². The molecule has 400 valence electrons. The third-order valence-electron chi connectivity index (χ3n) is 12.4. The molecule has 6 nitrogen and oxygen atoms in total. The molecule has 0 aromatic rings. The number of allylic oxidation sites excluding steroid dienone is 16. The number of unbranched alkanes of at least 4 members (excludes halogenated alkanes) is 26. The highest BCUT2D eigenvalue weighted by Crippen LogP contribution is 2.16. The van der Waals surface area contributed by atoms with Crippen LogP contribution in [0.4, 0.5) is 0 Å². The van der Waals surface area contributed by atoms with E-state index in [1.165, 1.54) is 148 Å². The quantitative estimate of drug-likeness (QED) is 0.0199. The fraction of sp³-hybridized carbons (Fsp3) is 0.703. The van der Waals surface area contributed by atoms with Gasteiger partial charge in [0.25, 0.3) is 0 Å². The van der Waals surface area contributed by atoms with E-state index in [-0.39, 0.29) is 37.5 Å². The Kier molecular flexibility index (Phi) is 54.9. The summed E-state index contributed by atoms with van der Waals surface area (Å²) in [4.78, 5) is 38.2. The average molecular weight is 974 g/mol. The lowest BCUT2D eigenvalue weighted by Gasteiger charge is -2.18. The second-order valence-corrected chi connectivity index (χ2v) is 19.2. The highest BCUT2D eigenvalue weighted by atomic mass is 16.6. The lowest BCUT2D eigenvalue weighted by Crippen LogP contribution is -2.30. The minimum absolute atomic E-state index is 0.100. The molecule has 0 rings (SSSR count). The fourth-order valence-corrected chi connectivity index (χ4v) is 7.99. The Hall–Kier alpha value is -3.67. The highest BCUT2D eigenvalue weighted by molar-refractivity contribution is 5.71. The van der Waals surface area contributed by atoms with E-state index >= 15 is 0 Å². The van der Waals surface area contributed by atoms with Crippen LogP contribution >= 0.6 is 0 Å². The van der Waals surface area contributed by atoms with Crippen LogP contribution in [0.5, 0.6) is 0 Å². The predicted octanol–water partition coefficient (Wildman–Crippen LogP) is 19.7. The molecule has 0 amide bonds. The number of ether oxygens (including phenoxy) is 3. The van der Waals surface area contributed by atoms with Gasteiger partial charge < -0.3 is 14.2 Å². The van der Waals surface area contributed by atoms with Crippen molar-refractivity contribution >= 4 is 17.9 Å². The van der Waals surface area contributed by atoms with E-state index in [2.05, 4.69) is 112 Å². The first kappa shape index (κ1) is 66.3. The molecule has 1 atom stereocenters. The summed E-state index contributed by atoms with van der Waals surface area (Å²) in [5.74, 6) is -0.986. The van der Waals surface area contributed by atoms with E-state index in [9.17, 15) is 14.4 Å². The third kappa shape index (κ3) is 55.3. The van der Waals surface area contributed by atoms with Gasteiger partial charge in [0.15, 0.2) is 6.10 Å². The van der Waals surface area contributed by atoms with Gasteiger partial charge in [-0.2, -0.15) is 0 Å². The molecule has 0 bridgehead atoms. The first-order valence-corrected chi connectivity index (χ1v) is 29.3. The number of carbonyl (C=O) groups is 3. The van der Waals surface area contributed by atoms with E-state index in [4.69, 9.17) is 14.2 Å². The van der Waals surface area contributed by atoms with Crippen LogP contribution < -0.4 is 0 Å². The van der Waals surface area contributed by atoms with Crippen LogP contribution in [-0.4, -0.2) is 37.2 Å². The Labute approximate surface area is 432 Å². The first-order valence-electron chi connectivity index (χ1n) is 29.3. The highest BCUT2D eigenvalue weighted by Gasteiger charge is 2.19. The van der Waals surface area contributed by atoms with E-state index in [0.717, 1.165) is 77.0 Å². The van der Waals surface area contributed by atoms with Crippen molar-refractivity contribution in [3.8, 4) is 0 Å². The predicted molar refractivity (Wildman–Crippen MR) is 302 cm³/mol. The number of esters is 3. The lowest BCUT2D eigenvalue weighted by atomic mass is 10.0. The van der Waals surface area contributed by atoms with E-state index < -0.39 is 6.10 Å². The van der Waals surface area contributed by atoms with E-state index in [1.807, 2.05) is 6.08 Å². The van der Waals surface area contributed by atoms with Gasteiger partial charge in [0.2, 0.25) is 0 Å². The molecule has 0 N–H and O–H groups in total. The van der Waals surface area contributed by atoms with Crippen molar-refractivity contribution in [2.24, 2.45) is 0 Å². The topological polar surface area (TPSA) is 78.9 Å². The number of hydrogen-bond donors (Lipinski definition) is 0. The smallest absolute Gasteiger partial charge is 0.306 e. The number of rotatable bonds is 52. The SMILES string of the molecule is CC/C=C\C/C=C\C/C=C\C/C=C\C/C=C\C/C=C\CCC(=O)OCC(COC(=O)CCCCCCCCCCCCCCCC)OC(=O)CCCCCCCCCCCC/C=C\C=C/CCCCC.